The van der Waals surface area contributed by atoms with Crippen LogP contribution in [0.25, 0.3) is 0 Å². The molecule has 26 heavy (non-hydrogen) atoms. The van der Waals surface area contributed by atoms with Crippen molar-refractivity contribution < 1.29 is 14.4 Å². The zero-order chi connectivity index (χ0) is 18.7. The second-order valence-corrected chi connectivity index (χ2v) is 6.36. The number of amides is 3. The summed E-state index contributed by atoms with van der Waals surface area (Å²) in [6, 6.07) is 10.3. The molecule has 0 unspecified atom stereocenters. The zero-order valence-corrected chi connectivity index (χ0v) is 14.9. The summed E-state index contributed by atoms with van der Waals surface area (Å²) in [5.74, 6) is -0.601. The van der Waals surface area contributed by atoms with Crippen molar-refractivity contribution >= 4 is 35.0 Å². The molecule has 0 spiro atoms. The summed E-state index contributed by atoms with van der Waals surface area (Å²) in [4.78, 5) is 35.8. The van der Waals surface area contributed by atoms with E-state index in [1.54, 1.807) is 30.3 Å². The fourth-order valence-electron chi connectivity index (χ4n) is 2.78. The standard InChI is InChI=1S/C19H18ClN3O3/c1-2-21-18(25)12-5-3-4-11(6-12)10-22-19(26)14-7-13-8-17(24)23-16(13)9-15(14)20/h3-7,9H,2,8,10H2,1H3,(H,21,25)(H,22,26)(H,23,24). The van der Waals surface area contributed by atoms with Crippen LogP contribution in [0.5, 0.6) is 0 Å². The minimum absolute atomic E-state index is 0.115. The first-order valence-electron chi connectivity index (χ1n) is 8.25. The molecule has 0 saturated carbocycles. The van der Waals surface area contributed by atoms with Crippen LogP contribution in [-0.4, -0.2) is 24.3 Å². The quantitative estimate of drug-likeness (QED) is 0.754. The van der Waals surface area contributed by atoms with Crippen LogP contribution >= 0.6 is 11.6 Å². The van der Waals surface area contributed by atoms with Gasteiger partial charge in [0.25, 0.3) is 11.8 Å². The molecule has 6 nitrogen and oxygen atoms in total. The molecular weight excluding hydrogens is 354 g/mol. The molecule has 0 saturated heterocycles. The van der Waals surface area contributed by atoms with Crippen LogP contribution in [0.1, 0.15) is 38.8 Å². The number of halogens is 1. The number of benzene rings is 2. The summed E-state index contributed by atoms with van der Waals surface area (Å²) in [5, 5.41) is 8.51. The van der Waals surface area contributed by atoms with Gasteiger partial charge in [-0.25, -0.2) is 0 Å². The molecule has 1 aliphatic rings. The predicted octanol–water partition coefficient (Wildman–Crippen LogP) is 2.51. The summed E-state index contributed by atoms with van der Waals surface area (Å²) in [6.07, 6.45) is 0.237. The molecule has 0 atom stereocenters. The van der Waals surface area contributed by atoms with Crippen LogP contribution in [0.2, 0.25) is 5.02 Å². The smallest absolute Gasteiger partial charge is 0.253 e. The monoisotopic (exact) mass is 371 g/mol. The van der Waals surface area contributed by atoms with Crippen molar-refractivity contribution in [2.24, 2.45) is 0 Å². The largest absolute Gasteiger partial charge is 0.352 e. The van der Waals surface area contributed by atoms with E-state index in [1.165, 1.54) is 0 Å². The molecule has 7 heteroatoms. The molecule has 0 radical (unpaired) electrons. The molecule has 0 aliphatic carbocycles. The lowest BCUT2D eigenvalue weighted by atomic mass is 10.1. The Labute approximate surface area is 155 Å². The van der Waals surface area contributed by atoms with Crippen LogP contribution in [0.3, 0.4) is 0 Å². The van der Waals surface area contributed by atoms with Gasteiger partial charge < -0.3 is 16.0 Å². The van der Waals surface area contributed by atoms with Crippen molar-refractivity contribution in [3.63, 3.8) is 0 Å². The van der Waals surface area contributed by atoms with E-state index < -0.39 is 0 Å². The summed E-state index contributed by atoms with van der Waals surface area (Å²) < 4.78 is 0. The third-order valence-electron chi connectivity index (χ3n) is 4.04. The summed E-state index contributed by atoms with van der Waals surface area (Å²) in [7, 11) is 0. The normalized spacial score (nSPS) is 12.3. The molecule has 3 rings (SSSR count). The van der Waals surface area contributed by atoms with Gasteiger partial charge in [0, 0.05) is 24.3 Å². The third kappa shape index (κ3) is 3.86. The van der Waals surface area contributed by atoms with Crippen molar-refractivity contribution in [1.82, 2.24) is 10.6 Å². The highest BCUT2D eigenvalue weighted by Crippen LogP contribution is 2.29. The van der Waals surface area contributed by atoms with Gasteiger partial charge in [0.2, 0.25) is 5.91 Å². The number of hydrogen-bond acceptors (Lipinski definition) is 3. The Bertz CT molecular complexity index is 896. The maximum atomic E-state index is 12.5. The van der Waals surface area contributed by atoms with Crippen LogP contribution in [0, 0.1) is 0 Å². The van der Waals surface area contributed by atoms with Crippen LogP contribution in [-0.2, 0) is 17.8 Å². The predicted molar refractivity (Wildman–Crippen MR) is 99.4 cm³/mol. The molecule has 2 aromatic rings. The molecule has 0 aromatic heterocycles. The fourth-order valence-corrected chi connectivity index (χ4v) is 3.03. The van der Waals surface area contributed by atoms with Gasteiger partial charge in [-0.15, -0.1) is 0 Å². The van der Waals surface area contributed by atoms with Crippen molar-refractivity contribution in [2.45, 2.75) is 19.9 Å². The Hall–Kier alpha value is -2.86. The number of hydrogen-bond donors (Lipinski definition) is 3. The Kier molecular flexibility index (Phi) is 5.23. The summed E-state index contributed by atoms with van der Waals surface area (Å²) in [5.41, 5.74) is 3.06. The molecule has 1 aliphatic heterocycles. The number of carbonyl (C=O) groups excluding carboxylic acids is 3. The SMILES string of the molecule is CCNC(=O)c1cccc(CNC(=O)c2cc3c(cc2Cl)NC(=O)C3)c1. The van der Waals surface area contributed by atoms with Gasteiger partial charge in [-0.2, -0.15) is 0 Å². The molecule has 3 amide bonds. The van der Waals surface area contributed by atoms with Gasteiger partial charge in [0.1, 0.15) is 0 Å². The Morgan fingerprint density at radius 3 is 2.73 bits per heavy atom. The van der Waals surface area contributed by atoms with Gasteiger partial charge in [-0.3, -0.25) is 14.4 Å². The maximum Gasteiger partial charge on any atom is 0.253 e. The Morgan fingerprint density at radius 2 is 1.96 bits per heavy atom. The van der Waals surface area contributed by atoms with Gasteiger partial charge in [0.15, 0.2) is 0 Å². The second kappa shape index (κ2) is 7.58. The maximum absolute atomic E-state index is 12.5. The lowest BCUT2D eigenvalue weighted by Gasteiger charge is -2.10. The van der Waals surface area contributed by atoms with Gasteiger partial charge in [-0.1, -0.05) is 23.7 Å². The van der Waals surface area contributed by atoms with Crippen LogP contribution < -0.4 is 16.0 Å². The third-order valence-corrected chi connectivity index (χ3v) is 4.35. The van der Waals surface area contributed by atoms with E-state index in [4.69, 9.17) is 11.6 Å². The Morgan fingerprint density at radius 1 is 1.15 bits per heavy atom. The van der Waals surface area contributed by atoms with E-state index in [-0.39, 0.29) is 35.7 Å². The number of carbonyl (C=O) groups is 3. The lowest BCUT2D eigenvalue weighted by molar-refractivity contribution is -0.115. The number of fused-ring (bicyclic) bond motifs is 1. The average molecular weight is 372 g/mol. The second-order valence-electron chi connectivity index (χ2n) is 5.96. The molecule has 0 fully saturated rings. The highest BCUT2D eigenvalue weighted by Gasteiger charge is 2.21. The van der Waals surface area contributed by atoms with Crippen LogP contribution in [0.15, 0.2) is 36.4 Å². The van der Waals surface area contributed by atoms with Gasteiger partial charge in [-0.05, 0) is 42.3 Å². The molecule has 134 valence electrons. The average Bonchev–Trinajstić information content (AvgIpc) is 2.98. The Balaban J connectivity index is 1.70. The molecular formula is C19H18ClN3O3. The first-order valence-corrected chi connectivity index (χ1v) is 8.63. The minimum Gasteiger partial charge on any atom is -0.352 e. The number of anilines is 1. The fraction of sp³-hybridized carbons (Fsp3) is 0.211. The molecule has 2 aromatic carbocycles. The van der Waals surface area contributed by atoms with E-state index in [2.05, 4.69) is 16.0 Å². The van der Waals surface area contributed by atoms with E-state index in [9.17, 15) is 14.4 Å². The lowest BCUT2D eigenvalue weighted by Crippen LogP contribution is -2.24. The van der Waals surface area contributed by atoms with Crippen molar-refractivity contribution in [2.75, 3.05) is 11.9 Å². The van der Waals surface area contributed by atoms with Gasteiger partial charge in [0.05, 0.1) is 17.0 Å². The van der Waals surface area contributed by atoms with Gasteiger partial charge >= 0.3 is 0 Å². The van der Waals surface area contributed by atoms with Crippen molar-refractivity contribution in [1.29, 1.82) is 0 Å². The highest BCUT2D eigenvalue weighted by atomic mass is 35.5. The van der Waals surface area contributed by atoms with E-state index in [1.807, 2.05) is 13.0 Å². The first-order chi connectivity index (χ1) is 12.5. The first kappa shape index (κ1) is 17.9. The molecule has 1 heterocycles. The molecule has 0 bridgehead atoms. The minimum atomic E-state index is -0.333. The van der Waals surface area contributed by atoms with E-state index >= 15 is 0 Å². The molecule has 3 N–H and O–H groups in total. The van der Waals surface area contributed by atoms with E-state index in [0.717, 1.165) is 11.1 Å². The summed E-state index contributed by atoms with van der Waals surface area (Å²) >= 11 is 6.17. The number of nitrogens with one attached hydrogen (secondary N) is 3. The zero-order valence-electron chi connectivity index (χ0n) is 14.2. The van der Waals surface area contributed by atoms with Crippen LogP contribution in [0.4, 0.5) is 5.69 Å². The topological polar surface area (TPSA) is 87.3 Å². The highest BCUT2D eigenvalue weighted by molar-refractivity contribution is 6.34. The number of rotatable bonds is 5. The summed E-state index contributed by atoms with van der Waals surface area (Å²) in [6.45, 7) is 2.66. The van der Waals surface area contributed by atoms with E-state index in [0.29, 0.717) is 23.4 Å². The van der Waals surface area contributed by atoms with Crippen molar-refractivity contribution in [3.05, 3.63) is 63.7 Å². The van der Waals surface area contributed by atoms with Crippen molar-refractivity contribution in [3.8, 4) is 0 Å².